The number of nitrogens with zero attached hydrogens (tertiary/aromatic N) is 2. The molecule has 0 radical (unpaired) electrons. The van der Waals surface area contributed by atoms with Crippen molar-refractivity contribution in [1.82, 2.24) is 20.5 Å². The topological polar surface area (TPSA) is 74.3 Å². The molecule has 7 heteroatoms. The number of hydrogen-bond acceptors (Lipinski definition) is 4. The van der Waals surface area contributed by atoms with Crippen molar-refractivity contribution in [2.45, 2.75) is 13.0 Å². The molecule has 0 saturated carbocycles. The molecule has 1 aliphatic heterocycles. The molecule has 0 atom stereocenters. The molecule has 120 valence electrons. The minimum absolute atomic E-state index is 0.0857. The van der Waals surface area contributed by atoms with E-state index in [1.54, 1.807) is 34.6 Å². The lowest BCUT2D eigenvalue weighted by Crippen LogP contribution is -2.44. The van der Waals surface area contributed by atoms with Crippen LogP contribution in [0, 0.1) is 0 Å². The van der Waals surface area contributed by atoms with Crippen LogP contribution in [0.2, 0.25) is 0 Å². The number of thiophene rings is 1. The van der Waals surface area contributed by atoms with Gasteiger partial charge in [-0.3, -0.25) is 9.78 Å². The quantitative estimate of drug-likeness (QED) is 0.837. The van der Waals surface area contributed by atoms with Gasteiger partial charge in [-0.1, -0.05) is 0 Å². The molecule has 3 heterocycles. The Morgan fingerprint density at radius 1 is 1.26 bits per heavy atom. The molecule has 0 aromatic carbocycles. The molecule has 2 aromatic rings. The highest BCUT2D eigenvalue weighted by atomic mass is 32.1. The molecule has 1 aliphatic rings. The second kappa shape index (κ2) is 7.23. The van der Waals surface area contributed by atoms with E-state index in [0.29, 0.717) is 25.2 Å². The lowest BCUT2D eigenvalue weighted by atomic mass is 10.1. The molecule has 0 aliphatic carbocycles. The van der Waals surface area contributed by atoms with Crippen molar-refractivity contribution in [3.8, 4) is 0 Å². The highest BCUT2D eigenvalue weighted by molar-refractivity contribution is 7.10. The summed E-state index contributed by atoms with van der Waals surface area (Å²) in [6.07, 6.45) is 4.05. The van der Waals surface area contributed by atoms with E-state index >= 15 is 0 Å². The minimum atomic E-state index is -0.187. The van der Waals surface area contributed by atoms with Crippen molar-refractivity contribution >= 4 is 23.3 Å². The number of aromatic nitrogens is 1. The maximum Gasteiger partial charge on any atom is 0.317 e. The Labute approximate surface area is 138 Å². The Balaban J connectivity index is 1.39. The first kappa shape index (κ1) is 15.5. The Morgan fingerprint density at radius 3 is 2.96 bits per heavy atom. The van der Waals surface area contributed by atoms with Crippen LogP contribution in [0.3, 0.4) is 0 Å². The third-order valence-electron chi connectivity index (χ3n) is 3.71. The van der Waals surface area contributed by atoms with Crippen LogP contribution < -0.4 is 10.6 Å². The summed E-state index contributed by atoms with van der Waals surface area (Å²) in [5, 5.41) is 7.67. The first-order valence-corrected chi connectivity index (χ1v) is 8.38. The average molecular weight is 330 g/mol. The smallest absolute Gasteiger partial charge is 0.317 e. The van der Waals surface area contributed by atoms with Crippen molar-refractivity contribution in [2.75, 3.05) is 19.6 Å². The van der Waals surface area contributed by atoms with Crippen molar-refractivity contribution in [1.29, 1.82) is 0 Å². The molecule has 3 rings (SSSR count). The average Bonchev–Trinajstić information content (AvgIpc) is 3.06. The maximum absolute atomic E-state index is 12.1. The summed E-state index contributed by atoms with van der Waals surface area (Å²) in [6.45, 7) is 2.18. The molecule has 2 N–H and O–H groups in total. The van der Waals surface area contributed by atoms with E-state index in [1.165, 1.54) is 16.6 Å². The van der Waals surface area contributed by atoms with Crippen LogP contribution in [0.4, 0.5) is 4.79 Å². The van der Waals surface area contributed by atoms with Gasteiger partial charge in [0.25, 0.3) is 5.91 Å². The molecule has 0 spiro atoms. The number of amides is 3. The molecule has 0 saturated heterocycles. The summed E-state index contributed by atoms with van der Waals surface area (Å²) in [5.41, 5.74) is 1.75. The zero-order chi connectivity index (χ0) is 16.1. The molecular formula is C16H18N4O2S. The Bertz CT molecular complexity index is 686. The predicted octanol–water partition coefficient (Wildman–Crippen LogP) is 1.64. The monoisotopic (exact) mass is 330 g/mol. The number of rotatable bonds is 4. The largest absolute Gasteiger partial charge is 0.350 e. The van der Waals surface area contributed by atoms with Gasteiger partial charge in [-0.15, -0.1) is 11.3 Å². The Hall–Kier alpha value is -2.41. The van der Waals surface area contributed by atoms with Crippen molar-refractivity contribution in [2.24, 2.45) is 0 Å². The first-order chi connectivity index (χ1) is 11.2. The number of nitrogens with one attached hydrogen (secondary N) is 2. The van der Waals surface area contributed by atoms with Crippen molar-refractivity contribution in [3.63, 3.8) is 0 Å². The van der Waals surface area contributed by atoms with Gasteiger partial charge in [-0.2, -0.15) is 0 Å². The fourth-order valence-electron chi connectivity index (χ4n) is 2.48. The van der Waals surface area contributed by atoms with Crippen LogP contribution >= 0.6 is 11.3 Å². The minimum Gasteiger partial charge on any atom is -0.350 e. The SMILES string of the molecule is O=C(NCCNC(=O)N1CCc2sccc2C1)c1cccnc1. The van der Waals surface area contributed by atoms with Crippen LogP contribution in [-0.2, 0) is 13.0 Å². The molecule has 23 heavy (non-hydrogen) atoms. The summed E-state index contributed by atoms with van der Waals surface area (Å²) >= 11 is 1.75. The number of carbonyl (C=O) groups excluding carboxylic acids is 2. The number of urea groups is 1. The molecule has 0 bridgehead atoms. The second-order valence-corrected chi connectivity index (χ2v) is 6.27. The van der Waals surface area contributed by atoms with Gasteiger partial charge in [0.2, 0.25) is 0 Å². The summed E-state index contributed by atoms with van der Waals surface area (Å²) in [7, 11) is 0. The van der Waals surface area contributed by atoms with E-state index in [2.05, 4.69) is 27.1 Å². The number of fused-ring (bicyclic) bond motifs is 1. The third kappa shape index (κ3) is 3.87. The van der Waals surface area contributed by atoms with Gasteiger partial charge in [-0.05, 0) is 35.6 Å². The lowest BCUT2D eigenvalue weighted by molar-refractivity contribution is 0.0953. The van der Waals surface area contributed by atoms with Crippen LogP contribution in [0.15, 0.2) is 36.0 Å². The van der Waals surface area contributed by atoms with Gasteiger partial charge in [0.15, 0.2) is 0 Å². The van der Waals surface area contributed by atoms with Crippen molar-refractivity contribution in [3.05, 3.63) is 52.0 Å². The predicted molar refractivity (Wildman–Crippen MR) is 88.4 cm³/mol. The molecule has 2 aromatic heterocycles. The Kier molecular flexibility index (Phi) is 4.87. The van der Waals surface area contributed by atoms with Crippen LogP contribution in [0.1, 0.15) is 20.8 Å². The van der Waals surface area contributed by atoms with E-state index in [1.807, 2.05) is 0 Å². The van der Waals surface area contributed by atoms with E-state index in [-0.39, 0.29) is 11.9 Å². The fourth-order valence-corrected chi connectivity index (χ4v) is 3.37. The second-order valence-electron chi connectivity index (χ2n) is 5.27. The van der Waals surface area contributed by atoms with Gasteiger partial charge >= 0.3 is 6.03 Å². The summed E-state index contributed by atoms with van der Waals surface area (Å²) in [6, 6.07) is 5.41. The van der Waals surface area contributed by atoms with Gasteiger partial charge in [0, 0.05) is 43.4 Å². The van der Waals surface area contributed by atoms with Crippen LogP contribution in [-0.4, -0.2) is 41.5 Å². The highest BCUT2D eigenvalue weighted by Crippen LogP contribution is 2.23. The standard InChI is InChI=1S/C16H18N4O2S/c21-15(12-2-1-5-17-10-12)18-6-7-19-16(22)20-8-3-14-13(11-20)4-9-23-14/h1-2,4-5,9-10H,3,6-8,11H2,(H,18,21)(H,19,22). The normalized spacial score (nSPS) is 13.3. The van der Waals surface area contributed by atoms with Crippen LogP contribution in [0.5, 0.6) is 0 Å². The lowest BCUT2D eigenvalue weighted by Gasteiger charge is -2.27. The number of carbonyl (C=O) groups is 2. The maximum atomic E-state index is 12.1. The summed E-state index contributed by atoms with van der Waals surface area (Å²) < 4.78 is 0. The summed E-state index contributed by atoms with van der Waals surface area (Å²) in [5.74, 6) is -0.187. The molecular weight excluding hydrogens is 312 g/mol. The zero-order valence-corrected chi connectivity index (χ0v) is 13.4. The Morgan fingerprint density at radius 2 is 2.13 bits per heavy atom. The van der Waals surface area contributed by atoms with E-state index < -0.39 is 0 Å². The van der Waals surface area contributed by atoms with Gasteiger partial charge in [0.1, 0.15) is 0 Å². The van der Waals surface area contributed by atoms with E-state index in [4.69, 9.17) is 0 Å². The van der Waals surface area contributed by atoms with Gasteiger partial charge in [-0.25, -0.2) is 4.79 Å². The number of pyridine rings is 1. The highest BCUT2D eigenvalue weighted by Gasteiger charge is 2.20. The van der Waals surface area contributed by atoms with E-state index in [0.717, 1.165) is 13.0 Å². The van der Waals surface area contributed by atoms with Crippen LogP contribution in [0.25, 0.3) is 0 Å². The van der Waals surface area contributed by atoms with Gasteiger partial charge < -0.3 is 15.5 Å². The van der Waals surface area contributed by atoms with Gasteiger partial charge in [0.05, 0.1) is 5.56 Å². The van der Waals surface area contributed by atoms with Crippen molar-refractivity contribution < 1.29 is 9.59 Å². The molecule has 6 nitrogen and oxygen atoms in total. The molecule has 0 unspecified atom stereocenters. The molecule has 0 fully saturated rings. The fraction of sp³-hybridized carbons (Fsp3) is 0.312. The first-order valence-electron chi connectivity index (χ1n) is 7.50. The summed E-state index contributed by atoms with van der Waals surface area (Å²) in [4.78, 5) is 31.0. The number of hydrogen-bond donors (Lipinski definition) is 2. The van der Waals surface area contributed by atoms with E-state index in [9.17, 15) is 9.59 Å². The third-order valence-corrected chi connectivity index (χ3v) is 4.73. The molecule has 3 amide bonds. The zero-order valence-electron chi connectivity index (χ0n) is 12.6.